The van der Waals surface area contributed by atoms with Crippen molar-refractivity contribution in [2.24, 2.45) is 0 Å². The van der Waals surface area contributed by atoms with Crippen LogP contribution >= 0.6 is 0 Å². The first-order valence-electron chi connectivity index (χ1n) is 30.8. The summed E-state index contributed by atoms with van der Waals surface area (Å²) in [7, 11) is 0. The predicted molar refractivity (Wildman–Crippen MR) is 377 cm³/mol. The molecule has 7 heteroatoms. The molecule has 422 valence electrons. The minimum atomic E-state index is 0.759. The van der Waals surface area contributed by atoms with Gasteiger partial charge in [-0.25, -0.2) is 0 Å². The van der Waals surface area contributed by atoms with Crippen molar-refractivity contribution in [3.63, 3.8) is 0 Å². The number of hydrogen-bond acceptors (Lipinski definition) is 7. The Bertz CT molecular complexity index is 6280. The smallest absolute Gasteiger partial charge is 0.159 e. The average molecular weight is 1160 g/mol. The minimum Gasteiger partial charge on any atom is -0.456 e. The third kappa shape index (κ3) is 6.91. The molecule has 0 amide bonds. The van der Waals surface area contributed by atoms with Gasteiger partial charge < -0.3 is 31.9 Å². The maximum Gasteiger partial charge on any atom is 0.159 e. The Kier molecular flexibility index (Phi) is 9.72. The number of fused-ring (bicyclic) bond motifs is 27. The normalized spacial score (nSPS) is 12.4. The first-order chi connectivity index (χ1) is 45.1. The molecule has 21 rings (SSSR count). The van der Waals surface area contributed by atoms with E-state index in [1.807, 2.05) is 24.3 Å². The van der Waals surface area contributed by atoms with E-state index in [4.69, 9.17) is 22.1 Å². The molecule has 0 saturated carbocycles. The zero-order chi connectivity index (χ0) is 59.2. The second-order valence-corrected chi connectivity index (χ2v) is 24.2. The van der Waals surface area contributed by atoms with Gasteiger partial charge in [-0.2, -0.15) is 0 Å². The number of nitrogens with zero attached hydrogens (tertiary/aromatic N) is 2. The lowest BCUT2D eigenvalue weighted by molar-refractivity contribution is 0.662. The third-order valence-corrected chi connectivity index (χ3v) is 19.4. The van der Waals surface area contributed by atoms with Crippen LogP contribution in [-0.4, -0.2) is 0 Å². The molecule has 0 atom stereocenters. The van der Waals surface area contributed by atoms with Crippen LogP contribution in [0.4, 0.5) is 34.1 Å². The monoisotopic (exact) mass is 1160 g/mol. The number of furan rings is 5. The maximum absolute atomic E-state index is 6.98. The van der Waals surface area contributed by atoms with Crippen LogP contribution in [0.1, 0.15) is 0 Å². The van der Waals surface area contributed by atoms with Crippen molar-refractivity contribution in [2.45, 2.75) is 0 Å². The van der Waals surface area contributed by atoms with Gasteiger partial charge in [0.15, 0.2) is 11.2 Å². The van der Waals surface area contributed by atoms with Crippen LogP contribution in [-0.2, 0) is 0 Å². The number of hydrogen-bond donors (Lipinski definition) is 0. The van der Waals surface area contributed by atoms with Crippen LogP contribution in [0.3, 0.4) is 0 Å². The molecular formula is C84H46N2O5. The lowest BCUT2D eigenvalue weighted by Gasteiger charge is -2.26. The van der Waals surface area contributed by atoms with E-state index in [1.54, 1.807) is 0 Å². The molecule has 21 aromatic rings. The molecule has 91 heavy (non-hydrogen) atoms. The van der Waals surface area contributed by atoms with Gasteiger partial charge in [0, 0.05) is 77.4 Å². The highest BCUT2D eigenvalue weighted by molar-refractivity contribution is 6.28. The molecule has 7 nitrogen and oxygen atoms in total. The molecular weight excluding hydrogens is 1120 g/mol. The van der Waals surface area contributed by atoms with Gasteiger partial charge in [0.1, 0.15) is 44.7 Å². The largest absolute Gasteiger partial charge is 0.456 e. The van der Waals surface area contributed by atoms with E-state index in [0.717, 1.165) is 144 Å². The Labute approximate surface area is 516 Å². The van der Waals surface area contributed by atoms with Crippen molar-refractivity contribution < 1.29 is 22.1 Å². The molecule has 0 unspecified atom stereocenters. The molecule has 0 fully saturated rings. The van der Waals surface area contributed by atoms with Gasteiger partial charge in [-0.15, -0.1) is 0 Å². The lowest BCUT2D eigenvalue weighted by atomic mass is 9.94. The molecule has 0 aliphatic rings. The van der Waals surface area contributed by atoms with E-state index in [2.05, 4.69) is 265 Å². The Morgan fingerprint density at radius 2 is 0.407 bits per heavy atom. The standard InChI is InChI=1S/C84H46N2O5/c1-3-19-55-51(15-1)53-17-5-7-21-57(53)67-39-47(31-35-59(55)67)85(73-27-13-25-65-61-23-9-11-29-75(61)90-83(65)73)49-33-37-63-69-43-81-71(45-79(69)87-77(63)41-49)72-46-80-70(44-82(72)89-81)64-38-34-50(42-78(64)88-80)86(74-28-14-26-66-62-24-10-12-30-76(62)91-84(66)74)48-32-36-60-56-20-4-2-16-52(56)54-18-6-8-22-58(54)68(60)40-48/h1-46H. The van der Waals surface area contributed by atoms with Crippen LogP contribution < -0.4 is 9.80 Å². The van der Waals surface area contributed by atoms with Crippen molar-refractivity contribution in [1.82, 2.24) is 0 Å². The number of rotatable bonds is 6. The number of benzene rings is 16. The van der Waals surface area contributed by atoms with E-state index in [1.165, 1.54) is 64.6 Å². The summed E-state index contributed by atoms with van der Waals surface area (Å²) in [5.41, 5.74) is 13.6. The van der Waals surface area contributed by atoms with Crippen molar-refractivity contribution in [3.8, 4) is 0 Å². The predicted octanol–water partition coefficient (Wildman–Crippen LogP) is 25.0. The zero-order valence-electron chi connectivity index (χ0n) is 48.5. The molecule has 0 bridgehead atoms. The zero-order valence-corrected chi connectivity index (χ0v) is 48.5. The Balaban J connectivity index is 0.708. The van der Waals surface area contributed by atoms with Gasteiger partial charge in [0.2, 0.25) is 0 Å². The van der Waals surface area contributed by atoms with E-state index in [-0.39, 0.29) is 0 Å². The highest BCUT2D eigenvalue weighted by atomic mass is 16.3. The highest BCUT2D eigenvalue weighted by Crippen LogP contribution is 2.50. The third-order valence-electron chi connectivity index (χ3n) is 19.4. The summed E-state index contributed by atoms with van der Waals surface area (Å²) < 4.78 is 34.4. The molecule has 16 aromatic carbocycles. The molecule has 0 aliphatic heterocycles. The second kappa shape index (κ2) is 18.1. The molecule has 0 N–H and O–H groups in total. The number of para-hydroxylation sites is 4. The first kappa shape index (κ1) is 48.8. The van der Waals surface area contributed by atoms with E-state index < -0.39 is 0 Å². The summed E-state index contributed by atoms with van der Waals surface area (Å²) in [6.07, 6.45) is 0. The lowest BCUT2D eigenvalue weighted by Crippen LogP contribution is -2.10. The summed E-state index contributed by atoms with van der Waals surface area (Å²) in [6.45, 7) is 0. The van der Waals surface area contributed by atoms with Crippen LogP contribution in [0.25, 0.3) is 174 Å². The molecule has 0 radical (unpaired) electrons. The number of anilines is 6. The van der Waals surface area contributed by atoms with Crippen molar-refractivity contribution in [1.29, 1.82) is 0 Å². The Morgan fingerprint density at radius 3 is 0.769 bits per heavy atom. The van der Waals surface area contributed by atoms with Crippen LogP contribution in [0.15, 0.2) is 301 Å². The van der Waals surface area contributed by atoms with Gasteiger partial charge in [-0.1, -0.05) is 170 Å². The minimum absolute atomic E-state index is 0.759. The summed E-state index contributed by atoms with van der Waals surface area (Å²) in [5.74, 6) is 0. The van der Waals surface area contributed by atoms with Crippen molar-refractivity contribution >= 4 is 208 Å². The summed E-state index contributed by atoms with van der Waals surface area (Å²) in [6, 6.07) is 99.5. The van der Waals surface area contributed by atoms with Gasteiger partial charge >= 0.3 is 0 Å². The topological polar surface area (TPSA) is 72.2 Å². The van der Waals surface area contributed by atoms with Crippen LogP contribution in [0.2, 0.25) is 0 Å². The van der Waals surface area contributed by atoms with Crippen molar-refractivity contribution in [3.05, 3.63) is 279 Å². The van der Waals surface area contributed by atoms with Crippen molar-refractivity contribution in [2.75, 3.05) is 9.80 Å². The molecule has 0 saturated heterocycles. The highest BCUT2D eigenvalue weighted by Gasteiger charge is 2.26. The SMILES string of the molecule is c1ccc2c(c1)oc1c(N(c3ccc4c(c3)oc3cc5c(cc34)oc3cc4c(cc35)oc3cc(N(c5ccc6c7ccccc7c7ccccc7c6c5)c5cccc6c5oc5ccccc56)ccc34)c3ccc4c5ccccc5c5ccccc5c4c3)cccc12. The summed E-state index contributed by atoms with van der Waals surface area (Å²) in [4.78, 5) is 4.62. The van der Waals surface area contributed by atoms with E-state index in [0.29, 0.717) is 0 Å². The van der Waals surface area contributed by atoms with Gasteiger partial charge in [0.05, 0.1) is 22.7 Å². The summed E-state index contributed by atoms with van der Waals surface area (Å²) in [5, 5.41) is 24.7. The van der Waals surface area contributed by atoms with Crippen LogP contribution in [0, 0.1) is 0 Å². The second-order valence-electron chi connectivity index (χ2n) is 24.2. The fourth-order valence-corrected chi connectivity index (χ4v) is 15.3. The maximum atomic E-state index is 6.98. The summed E-state index contributed by atoms with van der Waals surface area (Å²) >= 11 is 0. The average Bonchev–Trinajstić information content (AvgIpc) is 1.75. The first-order valence-corrected chi connectivity index (χ1v) is 30.8. The molecule has 5 aromatic heterocycles. The molecule has 5 heterocycles. The van der Waals surface area contributed by atoms with E-state index >= 15 is 0 Å². The fraction of sp³-hybridized carbons (Fsp3) is 0. The Hall–Kier alpha value is -12.3. The quantitative estimate of drug-likeness (QED) is 0.154. The van der Waals surface area contributed by atoms with Crippen LogP contribution in [0.5, 0.6) is 0 Å². The Morgan fingerprint density at radius 1 is 0.154 bits per heavy atom. The molecule has 0 aliphatic carbocycles. The van der Waals surface area contributed by atoms with E-state index in [9.17, 15) is 0 Å². The van der Waals surface area contributed by atoms with Gasteiger partial charge in [-0.3, -0.25) is 0 Å². The van der Waals surface area contributed by atoms with Gasteiger partial charge in [-0.05, 0) is 162 Å². The fourth-order valence-electron chi connectivity index (χ4n) is 15.3. The van der Waals surface area contributed by atoms with Gasteiger partial charge in [0.25, 0.3) is 0 Å². The molecule has 0 spiro atoms.